The number of fused-ring (bicyclic) bond motifs is 5. The molecule has 1 heterocycles. The molecule has 0 spiro atoms. The van der Waals surface area contributed by atoms with Crippen LogP contribution in [0.5, 0.6) is 0 Å². The Bertz CT molecular complexity index is 663. The fraction of sp³-hybridized carbons (Fsp3) is 0.722. The first-order valence-corrected chi connectivity index (χ1v) is 8.55. The van der Waals surface area contributed by atoms with Crippen molar-refractivity contribution in [3.8, 4) is 0 Å². The predicted octanol–water partition coefficient (Wildman–Crippen LogP) is 3.82. The average molecular weight is 313 g/mol. The molecular formula is C18H23N3O2. The summed E-state index contributed by atoms with van der Waals surface area (Å²) in [4.78, 5) is 15.0. The first kappa shape index (κ1) is 15.0. The molecule has 2 saturated carbocycles. The molecule has 122 valence electrons. The summed E-state index contributed by atoms with van der Waals surface area (Å²) in [6.45, 7) is 6.23. The minimum absolute atomic E-state index is 0.0129. The van der Waals surface area contributed by atoms with E-state index in [0.717, 1.165) is 31.6 Å². The van der Waals surface area contributed by atoms with Crippen LogP contribution in [0.1, 0.15) is 33.1 Å². The Morgan fingerprint density at radius 2 is 2.22 bits per heavy atom. The second-order valence-electron chi connectivity index (χ2n) is 8.16. The molecule has 0 aromatic rings. The van der Waals surface area contributed by atoms with E-state index in [1.807, 2.05) is 0 Å². The maximum absolute atomic E-state index is 11.9. The topological polar surface area (TPSA) is 75.1 Å². The summed E-state index contributed by atoms with van der Waals surface area (Å²) in [5.41, 5.74) is 10.1. The second-order valence-corrected chi connectivity index (χ2v) is 8.16. The molecule has 5 heteroatoms. The Kier molecular flexibility index (Phi) is 3.23. The summed E-state index contributed by atoms with van der Waals surface area (Å²) < 4.78 is 5.83. The molecular weight excluding hydrogens is 290 g/mol. The lowest BCUT2D eigenvalue weighted by atomic mass is 9.48. The van der Waals surface area contributed by atoms with E-state index in [4.69, 9.17) is 10.3 Å². The number of carbonyl (C=O) groups excluding carboxylic acids is 1. The van der Waals surface area contributed by atoms with Gasteiger partial charge in [0.15, 0.2) is 5.78 Å². The zero-order chi connectivity index (χ0) is 16.2. The van der Waals surface area contributed by atoms with Crippen LogP contribution in [0.3, 0.4) is 0 Å². The number of rotatable bonds is 1. The molecule has 4 rings (SSSR count). The van der Waals surface area contributed by atoms with Gasteiger partial charge in [-0.05, 0) is 65.7 Å². The quantitative estimate of drug-likeness (QED) is 0.419. The van der Waals surface area contributed by atoms with Crippen LogP contribution < -0.4 is 0 Å². The van der Waals surface area contributed by atoms with Gasteiger partial charge in [-0.1, -0.05) is 25.0 Å². The zero-order valence-electron chi connectivity index (χ0n) is 13.7. The van der Waals surface area contributed by atoms with Gasteiger partial charge in [-0.25, -0.2) is 0 Å². The van der Waals surface area contributed by atoms with Gasteiger partial charge >= 0.3 is 0 Å². The van der Waals surface area contributed by atoms with Crippen LogP contribution in [-0.2, 0) is 9.53 Å². The number of carbonyl (C=O) groups is 1. The standard InChI is InChI=1S/C18H23N3O2/c1-17-5-4-13-12(15(17)9-23-10-17)8-16(20-21-19)14-7-11(22)3-6-18(13,14)2/h3,6-7,12-13,15-16H,4-5,8-10H2,1-2H3/t12-,13+,15+,16-,17-,18-/m1/s1. The molecule has 0 bridgehead atoms. The SMILES string of the molecule is C[C@]12CC[C@H]3[C@@H](C[C@@H](N=[N+]=[N-])C4=CC(=O)C=C[C@@]43C)[C@@H]1COC2. The summed E-state index contributed by atoms with van der Waals surface area (Å²) in [6, 6.07) is -0.205. The number of azide groups is 1. The van der Waals surface area contributed by atoms with Crippen molar-refractivity contribution in [3.05, 3.63) is 34.2 Å². The van der Waals surface area contributed by atoms with Crippen molar-refractivity contribution in [1.29, 1.82) is 0 Å². The molecule has 4 aliphatic rings. The largest absolute Gasteiger partial charge is 0.381 e. The third-order valence-electron chi connectivity index (χ3n) is 7.01. The number of allylic oxidation sites excluding steroid dienone is 3. The van der Waals surface area contributed by atoms with E-state index < -0.39 is 0 Å². The molecule has 1 aliphatic heterocycles. The van der Waals surface area contributed by atoms with E-state index in [0.29, 0.717) is 17.8 Å². The molecule has 0 radical (unpaired) electrons. The minimum atomic E-state index is -0.205. The molecule has 0 aromatic heterocycles. The van der Waals surface area contributed by atoms with Gasteiger partial charge in [0.1, 0.15) is 0 Å². The molecule has 3 fully saturated rings. The van der Waals surface area contributed by atoms with Crippen LogP contribution in [-0.4, -0.2) is 25.0 Å². The van der Waals surface area contributed by atoms with Crippen LogP contribution in [0.15, 0.2) is 28.9 Å². The smallest absolute Gasteiger partial charge is 0.178 e. The van der Waals surface area contributed by atoms with Gasteiger partial charge in [-0.15, -0.1) is 0 Å². The van der Waals surface area contributed by atoms with Crippen LogP contribution in [0.2, 0.25) is 0 Å². The Hall–Kier alpha value is -1.58. The Labute approximate surface area is 136 Å². The lowest BCUT2D eigenvalue weighted by Gasteiger charge is -2.56. The van der Waals surface area contributed by atoms with Crippen molar-refractivity contribution >= 4 is 5.78 Å². The molecule has 23 heavy (non-hydrogen) atoms. The van der Waals surface area contributed by atoms with E-state index in [2.05, 4.69) is 29.9 Å². The fourth-order valence-electron chi connectivity index (χ4n) is 5.74. The highest BCUT2D eigenvalue weighted by Gasteiger charge is 2.58. The molecule has 6 atom stereocenters. The highest BCUT2D eigenvalue weighted by Crippen LogP contribution is 2.62. The summed E-state index contributed by atoms with van der Waals surface area (Å²) in [6.07, 6.45) is 8.65. The van der Waals surface area contributed by atoms with Gasteiger partial charge in [-0.2, -0.15) is 0 Å². The maximum Gasteiger partial charge on any atom is 0.178 e. The van der Waals surface area contributed by atoms with Gasteiger partial charge in [0.25, 0.3) is 0 Å². The van der Waals surface area contributed by atoms with Crippen molar-refractivity contribution in [3.63, 3.8) is 0 Å². The van der Waals surface area contributed by atoms with Gasteiger partial charge in [0, 0.05) is 10.3 Å². The summed E-state index contributed by atoms with van der Waals surface area (Å²) in [5, 5.41) is 4.06. The van der Waals surface area contributed by atoms with Crippen LogP contribution >= 0.6 is 0 Å². The number of ketones is 1. The lowest BCUT2D eigenvalue weighted by Crippen LogP contribution is -2.52. The molecule has 0 aromatic carbocycles. The van der Waals surface area contributed by atoms with Crippen molar-refractivity contribution in [2.45, 2.75) is 39.2 Å². The summed E-state index contributed by atoms with van der Waals surface area (Å²) in [7, 11) is 0. The lowest BCUT2D eigenvalue weighted by molar-refractivity contribution is -0.111. The average Bonchev–Trinajstić information content (AvgIpc) is 2.91. The molecule has 1 saturated heterocycles. The molecule has 3 aliphatic carbocycles. The monoisotopic (exact) mass is 313 g/mol. The third kappa shape index (κ3) is 2.03. The van der Waals surface area contributed by atoms with Crippen molar-refractivity contribution < 1.29 is 9.53 Å². The van der Waals surface area contributed by atoms with Crippen LogP contribution in [0, 0.1) is 28.6 Å². The highest BCUT2D eigenvalue weighted by atomic mass is 16.5. The molecule has 0 unspecified atom stereocenters. The van der Waals surface area contributed by atoms with E-state index in [1.165, 1.54) is 6.42 Å². The first-order valence-electron chi connectivity index (χ1n) is 8.55. The number of ether oxygens (including phenoxy) is 1. The van der Waals surface area contributed by atoms with Gasteiger partial charge in [0.05, 0.1) is 19.3 Å². The van der Waals surface area contributed by atoms with E-state index in [-0.39, 0.29) is 22.7 Å². The van der Waals surface area contributed by atoms with Crippen molar-refractivity contribution in [2.75, 3.05) is 13.2 Å². The van der Waals surface area contributed by atoms with Gasteiger partial charge < -0.3 is 4.74 Å². The van der Waals surface area contributed by atoms with Gasteiger partial charge in [-0.3, -0.25) is 4.79 Å². The molecule has 5 nitrogen and oxygen atoms in total. The van der Waals surface area contributed by atoms with Crippen molar-refractivity contribution in [1.82, 2.24) is 0 Å². The van der Waals surface area contributed by atoms with Crippen molar-refractivity contribution in [2.24, 2.45) is 33.7 Å². The molecule has 0 amide bonds. The van der Waals surface area contributed by atoms with Gasteiger partial charge in [0.2, 0.25) is 0 Å². The summed E-state index contributed by atoms with van der Waals surface area (Å²) >= 11 is 0. The number of hydrogen-bond donors (Lipinski definition) is 0. The van der Waals surface area contributed by atoms with E-state index >= 15 is 0 Å². The normalized spacial score (nSPS) is 47.9. The van der Waals surface area contributed by atoms with E-state index in [9.17, 15) is 4.79 Å². The summed E-state index contributed by atoms with van der Waals surface area (Å²) in [5.74, 6) is 1.54. The van der Waals surface area contributed by atoms with Crippen LogP contribution in [0.25, 0.3) is 10.4 Å². The Morgan fingerprint density at radius 1 is 1.39 bits per heavy atom. The number of nitrogens with zero attached hydrogens (tertiary/aromatic N) is 3. The fourth-order valence-corrected chi connectivity index (χ4v) is 5.74. The molecule has 0 N–H and O–H groups in total. The second kappa shape index (κ2) is 4.96. The highest BCUT2D eigenvalue weighted by molar-refractivity contribution is 6.01. The third-order valence-corrected chi connectivity index (χ3v) is 7.01. The Morgan fingerprint density at radius 3 is 3.00 bits per heavy atom. The van der Waals surface area contributed by atoms with Crippen LogP contribution in [0.4, 0.5) is 0 Å². The Balaban J connectivity index is 1.79. The number of hydrogen-bond acceptors (Lipinski definition) is 3. The zero-order valence-corrected chi connectivity index (χ0v) is 13.7. The maximum atomic E-state index is 11.9. The van der Waals surface area contributed by atoms with E-state index in [1.54, 1.807) is 12.2 Å². The minimum Gasteiger partial charge on any atom is -0.381 e. The predicted molar refractivity (Wildman–Crippen MR) is 86.5 cm³/mol. The first-order chi connectivity index (χ1) is 11.0.